The molecule has 8 heteroatoms. The third-order valence-electron chi connectivity index (χ3n) is 2.38. The number of nitrogens with one attached hydrogen (secondary N) is 1. The first kappa shape index (κ1) is 18.6. The molecule has 1 rings (SSSR count). The van der Waals surface area contributed by atoms with Crippen molar-refractivity contribution in [2.75, 3.05) is 23.4 Å². The number of hydrogen-bond acceptors (Lipinski definition) is 4. The number of ether oxygens (including phenoxy) is 1. The van der Waals surface area contributed by atoms with Crippen LogP contribution in [0, 0.1) is 0 Å². The van der Waals surface area contributed by atoms with E-state index in [0.717, 1.165) is 12.1 Å². The van der Waals surface area contributed by atoms with E-state index in [1.165, 1.54) is 17.8 Å². The predicted molar refractivity (Wildman–Crippen MR) is 82.2 cm³/mol. The summed E-state index contributed by atoms with van der Waals surface area (Å²) in [5.41, 5.74) is 4.50. The zero-order chi connectivity index (χ0) is 16.8. The Labute approximate surface area is 131 Å². The van der Waals surface area contributed by atoms with E-state index in [2.05, 4.69) is 5.32 Å². The monoisotopic (exact) mass is 336 g/mol. The Morgan fingerprint density at radius 1 is 1.36 bits per heavy atom. The maximum Gasteiger partial charge on any atom is 0.416 e. The summed E-state index contributed by atoms with van der Waals surface area (Å²) in [6.45, 7) is 3.86. The molecule has 3 N–H and O–H groups in total. The molecule has 0 radical (unpaired) electrons. The van der Waals surface area contributed by atoms with E-state index in [1.807, 2.05) is 0 Å². The smallest absolute Gasteiger partial charge is 0.416 e. The lowest BCUT2D eigenvalue weighted by Crippen LogP contribution is -2.17. The second kappa shape index (κ2) is 8.28. The van der Waals surface area contributed by atoms with E-state index in [-0.39, 0.29) is 29.2 Å². The van der Waals surface area contributed by atoms with Crippen LogP contribution in [0.25, 0.3) is 0 Å². The summed E-state index contributed by atoms with van der Waals surface area (Å²) in [5, 5.41) is 2.45. The number of carbonyl (C=O) groups is 1. The van der Waals surface area contributed by atoms with E-state index < -0.39 is 11.7 Å². The van der Waals surface area contributed by atoms with E-state index in [0.29, 0.717) is 12.3 Å². The van der Waals surface area contributed by atoms with Gasteiger partial charge in [-0.25, -0.2) is 0 Å². The van der Waals surface area contributed by atoms with Crippen LogP contribution >= 0.6 is 11.8 Å². The summed E-state index contributed by atoms with van der Waals surface area (Å²) >= 11 is 1.31. The van der Waals surface area contributed by atoms with Crippen LogP contribution in [-0.4, -0.2) is 30.1 Å². The van der Waals surface area contributed by atoms with Crippen molar-refractivity contribution < 1.29 is 22.7 Å². The van der Waals surface area contributed by atoms with E-state index in [1.54, 1.807) is 13.8 Å². The molecule has 1 aromatic rings. The van der Waals surface area contributed by atoms with Gasteiger partial charge in [-0.3, -0.25) is 4.79 Å². The molecule has 1 amide bonds. The van der Waals surface area contributed by atoms with Crippen LogP contribution in [0.4, 0.5) is 18.9 Å². The van der Waals surface area contributed by atoms with Gasteiger partial charge in [0.1, 0.15) is 5.75 Å². The highest BCUT2D eigenvalue weighted by Crippen LogP contribution is 2.34. The summed E-state index contributed by atoms with van der Waals surface area (Å²) in [5.74, 6) is 0.425. The van der Waals surface area contributed by atoms with Crippen molar-refractivity contribution in [3.63, 3.8) is 0 Å². The molecule has 1 aromatic carbocycles. The zero-order valence-electron chi connectivity index (χ0n) is 12.4. The van der Waals surface area contributed by atoms with Gasteiger partial charge in [-0.15, -0.1) is 0 Å². The van der Waals surface area contributed by atoms with Gasteiger partial charge in [0.15, 0.2) is 0 Å². The minimum atomic E-state index is -4.51. The maximum absolute atomic E-state index is 12.9. The van der Waals surface area contributed by atoms with Crippen LogP contribution in [0.1, 0.15) is 19.4 Å². The Morgan fingerprint density at radius 2 is 2.05 bits per heavy atom. The summed E-state index contributed by atoms with van der Waals surface area (Å²) in [6, 6.07) is 3.18. The number of carbonyl (C=O) groups excluding carboxylic acids is 1. The highest BCUT2D eigenvalue weighted by Gasteiger charge is 2.31. The minimum Gasteiger partial charge on any atom is -0.491 e. The van der Waals surface area contributed by atoms with Gasteiger partial charge in [0, 0.05) is 24.1 Å². The van der Waals surface area contributed by atoms with Gasteiger partial charge in [0.25, 0.3) is 0 Å². The standard InChI is InChI=1S/C14H19F3N2O2S/c1-9(2)21-12-6-10(14(15,16)17)5-11(7-12)19-13(20)8-22-4-3-18/h5-7,9H,3-4,8,18H2,1-2H3,(H,19,20). The Kier molecular flexibility index (Phi) is 7.02. The number of halogens is 3. The summed E-state index contributed by atoms with van der Waals surface area (Å²) < 4.78 is 44.0. The summed E-state index contributed by atoms with van der Waals surface area (Å²) in [4.78, 5) is 11.7. The molecule has 0 aliphatic heterocycles. The normalized spacial score (nSPS) is 11.6. The SMILES string of the molecule is CC(C)Oc1cc(NC(=O)CSCCN)cc(C(F)(F)F)c1. The van der Waals surface area contributed by atoms with E-state index >= 15 is 0 Å². The topological polar surface area (TPSA) is 64.3 Å². The Bertz CT molecular complexity index is 507. The molecule has 0 aliphatic rings. The van der Waals surface area contributed by atoms with Gasteiger partial charge in [0.05, 0.1) is 17.4 Å². The molecule has 0 saturated carbocycles. The highest BCUT2D eigenvalue weighted by atomic mass is 32.2. The van der Waals surface area contributed by atoms with Crippen molar-refractivity contribution in [2.24, 2.45) is 5.73 Å². The minimum absolute atomic E-state index is 0.0591. The molecule has 0 spiro atoms. The molecule has 0 unspecified atom stereocenters. The molecular formula is C14H19F3N2O2S. The van der Waals surface area contributed by atoms with Crippen LogP contribution < -0.4 is 15.8 Å². The first-order valence-corrected chi connectivity index (χ1v) is 7.84. The Hall–Kier alpha value is -1.41. The maximum atomic E-state index is 12.9. The molecule has 124 valence electrons. The highest BCUT2D eigenvalue weighted by molar-refractivity contribution is 7.99. The average molecular weight is 336 g/mol. The predicted octanol–water partition coefficient (Wildman–Crippen LogP) is 3.12. The Balaban J connectivity index is 2.90. The molecule has 0 aromatic heterocycles. The fraction of sp³-hybridized carbons (Fsp3) is 0.500. The van der Waals surface area contributed by atoms with E-state index in [4.69, 9.17) is 10.5 Å². The van der Waals surface area contributed by atoms with E-state index in [9.17, 15) is 18.0 Å². The molecule has 4 nitrogen and oxygen atoms in total. The van der Waals surface area contributed by atoms with Crippen molar-refractivity contribution in [3.05, 3.63) is 23.8 Å². The first-order chi connectivity index (χ1) is 10.2. The van der Waals surface area contributed by atoms with Crippen molar-refractivity contribution >= 4 is 23.4 Å². The fourth-order valence-corrected chi connectivity index (χ4v) is 2.19. The zero-order valence-corrected chi connectivity index (χ0v) is 13.2. The number of hydrogen-bond donors (Lipinski definition) is 2. The number of amides is 1. The molecular weight excluding hydrogens is 317 g/mol. The molecule has 0 bridgehead atoms. The third kappa shape index (κ3) is 6.57. The van der Waals surface area contributed by atoms with Crippen molar-refractivity contribution in [3.8, 4) is 5.75 Å². The van der Waals surface area contributed by atoms with Gasteiger partial charge in [0.2, 0.25) is 5.91 Å². The lowest BCUT2D eigenvalue weighted by Gasteiger charge is -2.15. The lowest BCUT2D eigenvalue weighted by atomic mass is 10.1. The number of anilines is 1. The Morgan fingerprint density at radius 3 is 2.59 bits per heavy atom. The second-order valence-electron chi connectivity index (χ2n) is 4.80. The number of benzene rings is 1. The molecule has 22 heavy (non-hydrogen) atoms. The number of thioether (sulfide) groups is 1. The van der Waals surface area contributed by atoms with Gasteiger partial charge in [-0.1, -0.05) is 0 Å². The number of rotatable bonds is 7. The van der Waals surface area contributed by atoms with Crippen LogP contribution in [0.2, 0.25) is 0 Å². The molecule has 0 aliphatic carbocycles. The number of alkyl halides is 3. The second-order valence-corrected chi connectivity index (χ2v) is 5.91. The van der Waals surface area contributed by atoms with Crippen molar-refractivity contribution in [1.82, 2.24) is 0 Å². The van der Waals surface area contributed by atoms with Crippen LogP contribution in [0.3, 0.4) is 0 Å². The van der Waals surface area contributed by atoms with Gasteiger partial charge in [-0.2, -0.15) is 24.9 Å². The summed E-state index contributed by atoms with van der Waals surface area (Å²) in [7, 11) is 0. The van der Waals surface area contributed by atoms with Crippen LogP contribution in [0.5, 0.6) is 5.75 Å². The average Bonchev–Trinajstić information content (AvgIpc) is 2.36. The van der Waals surface area contributed by atoms with Gasteiger partial charge < -0.3 is 15.8 Å². The molecule has 0 fully saturated rings. The molecule has 0 heterocycles. The largest absolute Gasteiger partial charge is 0.491 e. The van der Waals surface area contributed by atoms with Crippen molar-refractivity contribution in [1.29, 1.82) is 0 Å². The molecule has 0 atom stereocenters. The van der Waals surface area contributed by atoms with Gasteiger partial charge >= 0.3 is 6.18 Å². The lowest BCUT2D eigenvalue weighted by molar-refractivity contribution is -0.137. The van der Waals surface area contributed by atoms with Crippen LogP contribution in [0.15, 0.2) is 18.2 Å². The van der Waals surface area contributed by atoms with Crippen LogP contribution in [-0.2, 0) is 11.0 Å². The quantitative estimate of drug-likeness (QED) is 0.751. The number of nitrogens with two attached hydrogens (primary N) is 1. The first-order valence-electron chi connectivity index (χ1n) is 6.69. The third-order valence-corrected chi connectivity index (χ3v) is 3.38. The van der Waals surface area contributed by atoms with Crippen molar-refractivity contribution in [2.45, 2.75) is 26.1 Å². The molecule has 0 saturated heterocycles. The van der Waals surface area contributed by atoms with Gasteiger partial charge in [-0.05, 0) is 26.0 Å². The summed E-state index contributed by atoms with van der Waals surface area (Å²) in [6.07, 6.45) is -4.78. The fourth-order valence-electron chi connectivity index (χ4n) is 1.62.